The number of nitrogens with zero attached hydrogens (tertiary/aromatic N) is 4. The van der Waals surface area contributed by atoms with Gasteiger partial charge in [-0.2, -0.15) is 4.98 Å². The minimum absolute atomic E-state index is 0.00707. The number of aryl methyl sites for hydroxylation is 1. The quantitative estimate of drug-likeness (QED) is 0.781. The summed E-state index contributed by atoms with van der Waals surface area (Å²) in [5.41, 5.74) is 1.55. The second-order valence-corrected chi connectivity index (χ2v) is 7.20. The van der Waals surface area contributed by atoms with E-state index in [4.69, 9.17) is 4.74 Å². The van der Waals surface area contributed by atoms with Gasteiger partial charge in [-0.05, 0) is 48.0 Å². The molecule has 0 spiro atoms. The van der Waals surface area contributed by atoms with Crippen LogP contribution in [0, 0.1) is 6.92 Å². The van der Waals surface area contributed by atoms with Crippen molar-refractivity contribution in [3.63, 3.8) is 0 Å². The monoisotopic (exact) mass is 433 g/mol. The zero-order chi connectivity index (χ0) is 19.4. The maximum absolute atomic E-state index is 12.9. The largest absolute Gasteiger partial charge is 0.497 e. The predicted octanol–water partition coefficient (Wildman–Crippen LogP) is 2.95. The number of hydrogen-bond acceptors (Lipinski definition) is 6. The lowest BCUT2D eigenvalue weighted by Gasteiger charge is -2.35. The van der Waals surface area contributed by atoms with Crippen molar-refractivity contribution in [1.82, 2.24) is 14.9 Å². The molecule has 7 nitrogen and oxygen atoms in total. The molecule has 0 saturated carbocycles. The van der Waals surface area contributed by atoms with Crippen molar-refractivity contribution in [2.75, 3.05) is 50.1 Å². The number of benzene rings is 1. The third-order valence-electron chi connectivity index (χ3n) is 4.47. The number of ether oxygens (including phenoxy) is 1. The number of carbonyl (C=O) groups is 1. The Bertz CT molecular complexity index is 822. The summed E-state index contributed by atoms with van der Waals surface area (Å²) in [6.07, 6.45) is 0. The van der Waals surface area contributed by atoms with E-state index in [-0.39, 0.29) is 5.91 Å². The molecule has 0 unspecified atom stereocenters. The van der Waals surface area contributed by atoms with E-state index in [2.05, 4.69) is 36.1 Å². The number of aromatic nitrogens is 2. The van der Waals surface area contributed by atoms with Crippen molar-refractivity contribution in [2.45, 2.75) is 13.8 Å². The van der Waals surface area contributed by atoms with E-state index in [9.17, 15) is 4.79 Å². The van der Waals surface area contributed by atoms with Crippen LogP contribution in [-0.4, -0.2) is 60.6 Å². The lowest BCUT2D eigenvalue weighted by Crippen LogP contribution is -2.49. The van der Waals surface area contributed by atoms with Crippen LogP contribution < -0.4 is 15.0 Å². The van der Waals surface area contributed by atoms with Crippen molar-refractivity contribution >= 4 is 33.6 Å². The first-order valence-electron chi connectivity index (χ1n) is 8.99. The Morgan fingerprint density at radius 3 is 2.63 bits per heavy atom. The summed E-state index contributed by atoms with van der Waals surface area (Å²) in [5.74, 6) is 2.22. The van der Waals surface area contributed by atoms with Gasteiger partial charge >= 0.3 is 0 Å². The van der Waals surface area contributed by atoms with E-state index in [1.165, 1.54) is 0 Å². The van der Waals surface area contributed by atoms with E-state index in [0.29, 0.717) is 30.4 Å². The van der Waals surface area contributed by atoms with Gasteiger partial charge in [0.25, 0.3) is 5.91 Å². The van der Waals surface area contributed by atoms with Gasteiger partial charge in [0.1, 0.15) is 11.6 Å². The normalized spacial score (nSPS) is 14.2. The van der Waals surface area contributed by atoms with E-state index >= 15 is 0 Å². The first-order chi connectivity index (χ1) is 13.0. The average Bonchev–Trinajstić information content (AvgIpc) is 2.68. The van der Waals surface area contributed by atoms with Crippen molar-refractivity contribution in [2.24, 2.45) is 0 Å². The average molecular weight is 434 g/mol. The molecule has 3 rings (SSSR count). The lowest BCUT2D eigenvalue weighted by atomic mass is 10.1. The molecular weight excluding hydrogens is 410 g/mol. The first kappa shape index (κ1) is 19.4. The van der Waals surface area contributed by atoms with Gasteiger partial charge in [0, 0.05) is 49.0 Å². The van der Waals surface area contributed by atoms with Crippen molar-refractivity contribution in [1.29, 1.82) is 0 Å². The second-order valence-electron chi connectivity index (χ2n) is 6.35. The van der Waals surface area contributed by atoms with E-state index < -0.39 is 0 Å². The predicted molar refractivity (Wildman–Crippen MR) is 110 cm³/mol. The van der Waals surface area contributed by atoms with Crippen LogP contribution in [0.15, 0.2) is 28.7 Å². The molecule has 1 aromatic carbocycles. The summed E-state index contributed by atoms with van der Waals surface area (Å²) < 4.78 is 6.02. The minimum atomic E-state index is 0.00707. The number of piperazine rings is 1. The fourth-order valence-corrected chi connectivity index (χ4v) is 3.47. The second kappa shape index (κ2) is 8.56. The Morgan fingerprint density at radius 1 is 1.22 bits per heavy atom. The molecule has 0 atom stereocenters. The van der Waals surface area contributed by atoms with Crippen LogP contribution in [-0.2, 0) is 0 Å². The number of amides is 1. The Labute approximate surface area is 167 Å². The zero-order valence-electron chi connectivity index (χ0n) is 15.8. The Hall–Kier alpha value is -2.35. The molecule has 0 radical (unpaired) electrons. The summed E-state index contributed by atoms with van der Waals surface area (Å²) in [6, 6.07) is 7.43. The molecule has 1 aliphatic rings. The standard InChI is InChI=1S/C19H24BrN5O2/c1-4-21-19-22-13(2)11-17(23-19)24-7-9-25(10-8-24)18(26)15-12-14(27-3)5-6-16(15)20/h5-6,11-12H,4,7-10H2,1-3H3,(H,21,22,23). The van der Waals surface area contributed by atoms with Crippen LogP contribution in [0.1, 0.15) is 23.0 Å². The third kappa shape index (κ3) is 4.50. The highest BCUT2D eigenvalue weighted by molar-refractivity contribution is 9.10. The smallest absolute Gasteiger partial charge is 0.255 e. The number of rotatable bonds is 5. The van der Waals surface area contributed by atoms with Gasteiger partial charge in [-0.25, -0.2) is 4.98 Å². The SMILES string of the molecule is CCNc1nc(C)cc(N2CCN(C(=O)c3cc(OC)ccc3Br)CC2)n1. The molecule has 1 aliphatic heterocycles. The number of carbonyl (C=O) groups excluding carboxylic acids is 1. The number of hydrogen-bond donors (Lipinski definition) is 1. The molecule has 1 aromatic heterocycles. The van der Waals surface area contributed by atoms with Crippen molar-refractivity contribution in [3.05, 3.63) is 40.0 Å². The van der Waals surface area contributed by atoms with E-state index in [1.54, 1.807) is 13.2 Å². The van der Waals surface area contributed by atoms with Crippen LogP contribution in [0.4, 0.5) is 11.8 Å². The lowest BCUT2D eigenvalue weighted by molar-refractivity contribution is 0.0745. The Balaban J connectivity index is 1.69. The van der Waals surface area contributed by atoms with E-state index in [1.807, 2.05) is 36.9 Å². The molecule has 1 N–H and O–H groups in total. The molecule has 1 fully saturated rings. The van der Waals surface area contributed by atoms with Gasteiger partial charge in [-0.3, -0.25) is 4.79 Å². The zero-order valence-corrected chi connectivity index (χ0v) is 17.4. The highest BCUT2D eigenvalue weighted by Crippen LogP contribution is 2.25. The van der Waals surface area contributed by atoms with Crippen molar-refractivity contribution < 1.29 is 9.53 Å². The van der Waals surface area contributed by atoms with Gasteiger partial charge in [-0.1, -0.05) is 0 Å². The van der Waals surface area contributed by atoms with Crippen LogP contribution in [0.5, 0.6) is 5.75 Å². The maximum atomic E-state index is 12.9. The molecule has 0 aliphatic carbocycles. The number of methoxy groups -OCH3 is 1. The van der Waals surface area contributed by atoms with Gasteiger partial charge in [0.05, 0.1) is 12.7 Å². The number of halogens is 1. The highest BCUT2D eigenvalue weighted by Gasteiger charge is 2.25. The molecule has 1 amide bonds. The minimum Gasteiger partial charge on any atom is -0.497 e. The molecule has 144 valence electrons. The van der Waals surface area contributed by atoms with Crippen LogP contribution in [0.2, 0.25) is 0 Å². The molecule has 8 heteroatoms. The van der Waals surface area contributed by atoms with E-state index in [0.717, 1.165) is 35.6 Å². The van der Waals surface area contributed by atoms with Crippen LogP contribution in [0.25, 0.3) is 0 Å². The summed E-state index contributed by atoms with van der Waals surface area (Å²) in [6.45, 7) is 7.51. The van der Waals surface area contributed by atoms with Crippen molar-refractivity contribution in [3.8, 4) is 5.75 Å². The summed E-state index contributed by atoms with van der Waals surface area (Å²) in [4.78, 5) is 26.0. The number of anilines is 2. The highest BCUT2D eigenvalue weighted by atomic mass is 79.9. The fraction of sp³-hybridized carbons (Fsp3) is 0.421. The van der Waals surface area contributed by atoms with Crippen LogP contribution >= 0.6 is 15.9 Å². The summed E-state index contributed by atoms with van der Waals surface area (Å²) in [5, 5.41) is 3.16. The summed E-state index contributed by atoms with van der Waals surface area (Å²) >= 11 is 3.47. The molecule has 1 saturated heterocycles. The first-order valence-corrected chi connectivity index (χ1v) is 9.78. The molecule has 2 aromatic rings. The molecular formula is C19H24BrN5O2. The third-order valence-corrected chi connectivity index (χ3v) is 5.16. The van der Waals surface area contributed by atoms with Gasteiger partial charge < -0.3 is 19.9 Å². The Kier molecular flexibility index (Phi) is 6.15. The van der Waals surface area contributed by atoms with Gasteiger partial charge in [-0.15, -0.1) is 0 Å². The molecule has 0 bridgehead atoms. The fourth-order valence-electron chi connectivity index (χ4n) is 3.06. The summed E-state index contributed by atoms with van der Waals surface area (Å²) in [7, 11) is 1.60. The topological polar surface area (TPSA) is 70.6 Å². The number of nitrogens with one attached hydrogen (secondary N) is 1. The maximum Gasteiger partial charge on any atom is 0.255 e. The Morgan fingerprint density at radius 2 is 1.96 bits per heavy atom. The molecule has 2 heterocycles. The van der Waals surface area contributed by atoms with Gasteiger partial charge in [0.15, 0.2) is 0 Å². The molecule has 27 heavy (non-hydrogen) atoms. The van der Waals surface area contributed by atoms with Gasteiger partial charge in [0.2, 0.25) is 5.95 Å². The van der Waals surface area contributed by atoms with Crippen LogP contribution in [0.3, 0.4) is 0 Å².